The topological polar surface area (TPSA) is 46.5 Å². The number of carbonyl (C=O) groups is 1. The van der Waals surface area contributed by atoms with Crippen molar-refractivity contribution in [1.82, 2.24) is 0 Å². The first kappa shape index (κ1) is 22.8. The van der Waals surface area contributed by atoms with E-state index in [4.69, 9.17) is 9.84 Å². The Balaban J connectivity index is 1.82. The summed E-state index contributed by atoms with van der Waals surface area (Å²) >= 11 is 0. The van der Waals surface area contributed by atoms with Crippen molar-refractivity contribution in [2.24, 2.45) is 5.92 Å². The first-order chi connectivity index (χ1) is 12.8. The maximum absolute atomic E-state index is 11.6. The molecule has 1 rings (SSSR count). The molecule has 0 aromatic heterocycles. The number of hydrogen-bond acceptors (Lipinski definition) is 3. The molecule has 0 aromatic rings. The summed E-state index contributed by atoms with van der Waals surface area (Å²) in [6.07, 6.45) is 18.9. The van der Waals surface area contributed by atoms with Gasteiger partial charge in [0.2, 0.25) is 0 Å². The average Bonchev–Trinajstić information content (AvgIpc) is 3.01. The molecule has 0 spiro atoms. The van der Waals surface area contributed by atoms with E-state index in [-0.39, 0.29) is 24.6 Å². The standard InChI is InChI=1S/C23H38O3/c1-2-3-4-5-6-7-8-9-10-11-12-13-14-15-16-17-18-21-19-22(20-24)26-23(21)25/h2,21-22,24H,1,3-8,11-20H2. The Labute approximate surface area is 160 Å². The highest BCUT2D eigenvalue weighted by Crippen LogP contribution is 2.26. The lowest BCUT2D eigenvalue weighted by atomic mass is 9.97. The zero-order valence-corrected chi connectivity index (χ0v) is 16.5. The second-order valence-electron chi connectivity index (χ2n) is 7.43. The molecule has 3 heteroatoms. The van der Waals surface area contributed by atoms with Crippen LogP contribution in [0.4, 0.5) is 0 Å². The van der Waals surface area contributed by atoms with Crippen LogP contribution in [0.15, 0.2) is 12.7 Å². The molecule has 148 valence electrons. The summed E-state index contributed by atoms with van der Waals surface area (Å²) in [5, 5.41) is 9.02. The third kappa shape index (κ3) is 11.4. The normalized spacial score (nSPS) is 19.0. The Morgan fingerprint density at radius 1 is 0.962 bits per heavy atom. The van der Waals surface area contributed by atoms with E-state index < -0.39 is 0 Å². The maximum atomic E-state index is 11.6. The molecule has 1 N–H and O–H groups in total. The van der Waals surface area contributed by atoms with Crippen LogP contribution in [-0.4, -0.2) is 23.8 Å². The molecule has 1 heterocycles. The number of allylic oxidation sites excluding steroid dienone is 1. The van der Waals surface area contributed by atoms with E-state index >= 15 is 0 Å². The molecular weight excluding hydrogens is 324 g/mol. The van der Waals surface area contributed by atoms with Gasteiger partial charge in [0.05, 0.1) is 12.5 Å². The summed E-state index contributed by atoms with van der Waals surface area (Å²) < 4.78 is 5.10. The zero-order valence-electron chi connectivity index (χ0n) is 16.5. The minimum atomic E-state index is -0.258. The van der Waals surface area contributed by atoms with E-state index in [9.17, 15) is 4.79 Å². The van der Waals surface area contributed by atoms with Crippen molar-refractivity contribution in [1.29, 1.82) is 0 Å². The fourth-order valence-electron chi connectivity index (χ4n) is 3.41. The van der Waals surface area contributed by atoms with Crippen molar-refractivity contribution < 1.29 is 14.6 Å². The summed E-state index contributed by atoms with van der Waals surface area (Å²) in [4.78, 5) is 11.6. The Hall–Kier alpha value is -1.27. The highest BCUT2D eigenvalue weighted by molar-refractivity contribution is 5.74. The Morgan fingerprint density at radius 3 is 2.12 bits per heavy atom. The van der Waals surface area contributed by atoms with Crippen LogP contribution in [0.3, 0.4) is 0 Å². The van der Waals surface area contributed by atoms with Gasteiger partial charge in [-0.2, -0.15) is 0 Å². The van der Waals surface area contributed by atoms with Crippen LogP contribution in [-0.2, 0) is 9.53 Å². The van der Waals surface area contributed by atoms with Crippen molar-refractivity contribution in [3.8, 4) is 11.8 Å². The summed E-state index contributed by atoms with van der Waals surface area (Å²) in [6.45, 7) is 3.70. The number of aliphatic hydroxyl groups excluding tert-OH is 1. The fraction of sp³-hybridized carbons (Fsp3) is 0.783. The highest BCUT2D eigenvalue weighted by Gasteiger charge is 2.33. The van der Waals surface area contributed by atoms with Gasteiger partial charge in [0.25, 0.3) is 0 Å². The second-order valence-corrected chi connectivity index (χ2v) is 7.43. The first-order valence-corrected chi connectivity index (χ1v) is 10.7. The van der Waals surface area contributed by atoms with Gasteiger partial charge < -0.3 is 9.84 Å². The predicted octanol–water partition coefficient (Wildman–Crippen LogP) is 5.56. The number of rotatable bonds is 15. The van der Waals surface area contributed by atoms with Gasteiger partial charge >= 0.3 is 5.97 Å². The Bertz CT molecular complexity index is 432. The van der Waals surface area contributed by atoms with Crippen molar-refractivity contribution in [3.63, 3.8) is 0 Å². The lowest BCUT2D eigenvalue weighted by Crippen LogP contribution is -2.10. The molecule has 0 aliphatic carbocycles. The maximum Gasteiger partial charge on any atom is 0.309 e. The van der Waals surface area contributed by atoms with Crippen LogP contribution < -0.4 is 0 Å². The lowest BCUT2D eigenvalue weighted by molar-refractivity contribution is -0.145. The van der Waals surface area contributed by atoms with Crippen LogP contribution in [0.25, 0.3) is 0 Å². The van der Waals surface area contributed by atoms with Gasteiger partial charge in [0.15, 0.2) is 0 Å². The second kappa shape index (κ2) is 15.9. The molecule has 0 bridgehead atoms. The molecule has 1 saturated heterocycles. The smallest absolute Gasteiger partial charge is 0.309 e. The van der Waals surface area contributed by atoms with E-state index in [2.05, 4.69) is 18.4 Å². The molecule has 3 nitrogen and oxygen atoms in total. The van der Waals surface area contributed by atoms with Gasteiger partial charge in [-0.15, -0.1) is 18.4 Å². The summed E-state index contributed by atoms with van der Waals surface area (Å²) in [6, 6.07) is 0. The number of hydrogen-bond donors (Lipinski definition) is 1. The number of carbonyl (C=O) groups excluding carboxylic acids is 1. The van der Waals surface area contributed by atoms with E-state index in [0.29, 0.717) is 6.42 Å². The number of aliphatic hydroxyl groups is 1. The average molecular weight is 363 g/mol. The van der Waals surface area contributed by atoms with Crippen molar-refractivity contribution >= 4 is 5.97 Å². The molecule has 1 aliphatic heterocycles. The van der Waals surface area contributed by atoms with Gasteiger partial charge in [-0.1, -0.05) is 51.0 Å². The molecule has 1 aliphatic rings. The van der Waals surface area contributed by atoms with Gasteiger partial charge in [0.1, 0.15) is 6.10 Å². The zero-order chi connectivity index (χ0) is 18.9. The van der Waals surface area contributed by atoms with Crippen LogP contribution >= 0.6 is 0 Å². The van der Waals surface area contributed by atoms with Gasteiger partial charge in [-0.25, -0.2) is 0 Å². The fourth-order valence-corrected chi connectivity index (χ4v) is 3.41. The first-order valence-electron chi connectivity index (χ1n) is 10.7. The number of cyclic esters (lactones) is 1. The summed E-state index contributed by atoms with van der Waals surface area (Å²) in [5.74, 6) is 6.51. The molecule has 2 unspecified atom stereocenters. The number of esters is 1. The minimum Gasteiger partial charge on any atom is -0.460 e. The van der Waals surface area contributed by atoms with Crippen molar-refractivity contribution in [2.75, 3.05) is 6.61 Å². The van der Waals surface area contributed by atoms with Crippen LogP contribution in [0.1, 0.15) is 96.3 Å². The largest absolute Gasteiger partial charge is 0.460 e. The summed E-state index contributed by atoms with van der Waals surface area (Å²) in [7, 11) is 0. The van der Waals surface area contributed by atoms with Crippen LogP contribution in [0, 0.1) is 17.8 Å². The minimum absolute atomic E-state index is 0.0180. The Kier molecular flexibility index (Phi) is 14.0. The predicted molar refractivity (Wildman–Crippen MR) is 108 cm³/mol. The Morgan fingerprint density at radius 2 is 1.54 bits per heavy atom. The SMILES string of the molecule is C=CCCCCCCC#CCCCCCCCCC1CC(CO)OC1=O. The van der Waals surface area contributed by atoms with Crippen LogP contribution in [0.5, 0.6) is 0 Å². The van der Waals surface area contributed by atoms with E-state index in [1.807, 2.05) is 6.08 Å². The number of ether oxygens (including phenoxy) is 1. The van der Waals surface area contributed by atoms with E-state index in [1.54, 1.807) is 0 Å². The monoisotopic (exact) mass is 362 g/mol. The van der Waals surface area contributed by atoms with E-state index in [0.717, 1.165) is 32.1 Å². The molecule has 26 heavy (non-hydrogen) atoms. The molecule has 0 amide bonds. The molecule has 0 radical (unpaired) electrons. The molecule has 2 atom stereocenters. The van der Waals surface area contributed by atoms with Crippen molar-refractivity contribution in [2.45, 2.75) is 102 Å². The third-order valence-corrected chi connectivity index (χ3v) is 5.06. The molecule has 1 fully saturated rings. The van der Waals surface area contributed by atoms with Gasteiger partial charge in [-0.05, 0) is 38.5 Å². The summed E-state index contributed by atoms with van der Waals surface area (Å²) in [5.41, 5.74) is 0. The van der Waals surface area contributed by atoms with Crippen LogP contribution in [0.2, 0.25) is 0 Å². The third-order valence-electron chi connectivity index (χ3n) is 5.06. The quantitative estimate of drug-likeness (QED) is 0.179. The van der Waals surface area contributed by atoms with Gasteiger partial charge in [-0.3, -0.25) is 4.79 Å². The van der Waals surface area contributed by atoms with Gasteiger partial charge in [0, 0.05) is 12.8 Å². The lowest BCUT2D eigenvalue weighted by Gasteiger charge is -2.05. The molecule has 0 aromatic carbocycles. The number of unbranched alkanes of at least 4 members (excludes halogenated alkanes) is 11. The molecule has 0 saturated carbocycles. The highest BCUT2D eigenvalue weighted by atomic mass is 16.6. The van der Waals surface area contributed by atoms with E-state index in [1.165, 1.54) is 57.8 Å². The van der Waals surface area contributed by atoms with Crippen molar-refractivity contribution in [3.05, 3.63) is 12.7 Å². The molecular formula is C23H38O3.